The summed E-state index contributed by atoms with van der Waals surface area (Å²) in [5, 5.41) is 0. The Kier molecular flexibility index (Phi) is 18.4. The van der Waals surface area contributed by atoms with Gasteiger partial charge in [-0.15, -0.1) is 4.39 Å². The second-order valence-corrected chi connectivity index (χ2v) is 17.3. The number of hydrogen-bond donors (Lipinski definition) is 0. The highest BCUT2D eigenvalue weighted by atomic mass is 33.1. The second kappa shape index (κ2) is 23.1. The average molecular weight is 827 g/mol. The quantitative estimate of drug-likeness (QED) is 0.0365. The number of aryl methyl sites for hydroxylation is 3. The Morgan fingerprint density at radius 2 is 0.914 bits per heavy atom. The number of carbonyl (C=O) groups excluding carboxylic acids is 2. The first-order chi connectivity index (χ1) is 27.8. The number of carbonyl (C=O) groups is 2. The molecule has 8 nitrogen and oxygen atoms in total. The van der Waals surface area contributed by atoms with Crippen molar-refractivity contribution in [2.75, 3.05) is 75.7 Å². The summed E-state index contributed by atoms with van der Waals surface area (Å²) in [6.45, 7) is 14.9. The van der Waals surface area contributed by atoms with Crippen molar-refractivity contribution in [2.45, 2.75) is 60.5 Å². The molecule has 58 heavy (non-hydrogen) atoms. The number of halogens is 1. The van der Waals surface area contributed by atoms with Crippen LogP contribution in [0.25, 0.3) is 24.3 Å². The molecular weight excluding hydrogens is 764 g/mol. The van der Waals surface area contributed by atoms with E-state index in [-0.39, 0.29) is 17.8 Å². The van der Waals surface area contributed by atoms with E-state index >= 15 is 0 Å². The van der Waals surface area contributed by atoms with Gasteiger partial charge in [-0.25, -0.2) is 4.57 Å². The molecule has 0 radical (unpaired) electrons. The molecule has 2 aromatic carbocycles. The monoisotopic (exact) mass is 826 g/mol. The van der Waals surface area contributed by atoms with Gasteiger partial charge >= 0.3 is 5.95 Å². The molecule has 0 unspecified atom stereocenters. The molecule has 0 aliphatic heterocycles. The van der Waals surface area contributed by atoms with Crippen LogP contribution in [0.5, 0.6) is 0 Å². The fourth-order valence-corrected chi connectivity index (χ4v) is 8.78. The minimum absolute atomic E-state index is 0.0632. The molecule has 0 saturated heterocycles. The number of hydrogen-bond acceptors (Lipinski definition) is 6. The van der Waals surface area contributed by atoms with Crippen molar-refractivity contribution in [2.24, 2.45) is 0 Å². The third-order valence-corrected chi connectivity index (χ3v) is 12.6. The first-order valence-electron chi connectivity index (χ1n) is 20.2. The zero-order valence-electron chi connectivity index (χ0n) is 36.0. The number of nitrogens with zero attached hydrogens (tertiary/aromatic N) is 6. The van der Waals surface area contributed by atoms with E-state index in [1.807, 2.05) is 46.2 Å². The summed E-state index contributed by atoms with van der Waals surface area (Å²) in [6.07, 6.45) is 9.95. The molecule has 4 rings (SSSR count). The van der Waals surface area contributed by atoms with Gasteiger partial charge in [0.2, 0.25) is 11.8 Å². The Labute approximate surface area is 354 Å². The zero-order chi connectivity index (χ0) is 42.2. The van der Waals surface area contributed by atoms with Crippen LogP contribution in [-0.2, 0) is 22.7 Å². The van der Waals surface area contributed by atoms with Crippen molar-refractivity contribution in [3.8, 4) is 0 Å². The Hall–Kier alpha value is -4.61. The third kappa shape index (κ3) is 14.0. The topological polar surface area (TPSA) is 54.9 Å². The molecule has 0 bridgehead atoms. The van der Waals surface area contributed by atoms with E-state index in [1.165, 1.54) is 38.5 Å². The van der Waals surface area contributed by atoms with Gasteiger partial charge in [0, 0.05) is 111 Å². The maximum atomic E-state index is 14.3. The van der Waals surface area contributed by atoms with Crippen LogP contribution in [0.1, 0.15) is 66.0 Å². The van der Waals surface area contributed by atoms with Crippen LogP contribution in [0.15, 0.2) is 72.8 Å². The Bertz CT molecular complexity index is 1830. The molecule has 0 spiro atoms. The van der Waals surface area contributed by atoms with Crippen LogP contribution in [0.4, 0.5) is 15.8 Å². The maximum absolute atomic E-state index is 14.3. The summed E-state index contributed by atoms with van der Waals surface area (Å²) in [7, 11) is 10.7. The average Bonchev–Trinajstić information content (AvgIpc) is 3.20. The fourth-order valence-electron chi connectivity index (χ4n) is 6.86. The molecule has 2 amide bonds. The van der Waals surface area contributed by atoms with Crippen LogP contribution >= 0.6 is 21.6 Å². The van der Waals surface area contributed by atoms with Gasteiger partial charge in [-0.2, -0.15) is 4.57 Å². The lowest BCUT2D eigenvalue weighted by Gasteiger charge is -2.22. The summed E-state index contributed by atoms with van der Waals surface area (Å²) in [5.41, 5.74) is 9.91. The molecule has 4 aromatic rings. The van der Waals surface area contributed by atoms with Crippen LogP contribution in [0.2, 0.25) is 0 Å². The summed E-state index contributed by atoms with van der Waals surface area (Å²) in [6, 6.07) is 24.8. The maximum Gasteiger partial charge on any atom is 0.360 e. The lowest BCUT2D eigenvalue weighted by molar-refractivity contribution is -0.726. The number of aromatic nitrogens is 2. The number of anilines is 2. The highest BCUT2D eigenvalue weighted by Gasteiger charge is 2.15. The van der Waals surface area contributed by atoms with Gasteiger partial charge in [0.15, 0.2) is 17.1 Å². The summed E-state index contributed by atoms with van der Waals surface area (Å²) in [5.74, 6) is 0.580. The molecule has 0 fully saturated rings. The predicted octanol–water partition coefficient (Wildman–Crippen LogP) is 8.36. The minimum Gasteiger partial charge on any atom is -0.375 e. The first kappa shape index (κ1) is 46.1. The van der Waals surface area contributed by atoms with Gasteiger partial charge in [-0.1, -0.05) is 70.2 Å². The van der Waals surface area contributed by atoms with Crippen molar-refractivity contribution in [1.82, 2.24) is 9.80 Å². The largest absolute Gasteiger partial charge is 0.375 e. The van der Waals surface area contributed by atoms with E-state index in [4.69, 9.17) is 0 Å². The molecule has 0 atom stereocenters. The van der Waals surface area contributed by atoms with Gasteiger partial charge in [-0.05, 0) is 73.2 Å². The van der Waals surface area contributed by atoms with Gasteiger partial charge < -0.3 is 19.6 Å². The Morgan fingerprint density at radius 3 is 1.29 bits per heavy atom. The standard InChI is InChI=1S/C47H63FN6O2S2/c1-10-53-36(3)30-41(31-37(53)4)16-14-39-18-22-43(23-19-39)49(6)26-12-28-51(8)46(55)34-57-58-35-47(56)52(9)29-13-27-50(7)44-24-20-40(21-25-44)15-17-42-32-38(5)54(11-2)45(48)33-42/h14-25,30-33H,10-13,26-29,34-35H2,1-9H3/q+2. The number of rotatable bonds is 21. The van der Waals surface area contributed by atoms with Crippen LogP contribution in [0.3, 0.4) is 0 Å². The van der Waals surface area contributed by atoms with Crippen molar-refractivity contribution in [1.29, 1.82) is 0 Å². The summed E-state index contributed by atoms with van der Waals surface area (Å²) < 4.78 is 18.3. The second-order valence-electron chi connectivity index (χ2n) is 14.9. The zero-order valence-corrected chi connectivity index (χ0v) is 37.6. The van der Waals surface area contributed by atoms with Crippen LogP contribution in [-0.4, -0.2) is 87.5 Å². The van der Waals surface area contributed by atoms with Crippen molar-refractivity contribution in [3.05, 3.63) is 118 Å². The molecule has 0 aliphatic rings. The Balaban J connectivity index is 1.07. The van der Waals surface area contributed by atoms with E-state index in [1.54, 1.807) is 20.4 Å². The molecule has 2 aromatic heterocycles. The van der Waals surface area contributed by atoms with E-state index in [0.29, 0.717) is 31.1 Å². The fraction of sp³-hybridized carbons (Fsp3) is 0.404. The SMILES string of the molecule is CC[n+]1c(C)cc(/C=C/c2ccc(N(C)CCCN(C)C(=O)CSSCC(=O)N(C)CCCN(C)c3ccc(/C=C/c4cc(C)[n+](CC)c(F)c4)cc3)cc2)cc1C. The normalized spacial score (nSPS) is 11.4. The number of benzene rings is 2. The molecule has 0 N–H and O–H groups in total. The Morgan fingerprint density at radius 1 is 0.552 bits per heavy atom. The molecule has 2 heterocycles. The number of pyridine rings is 2. The summed E-state index contributed by atoms with van der Waals surface area (Å²) in [4.78, 5) is 33.5. The smallest absolute Gasteiger partial charge is 0.360 e. The van der Waals surface area contributed by atoms with Gasteiger partial charge in [0.25, 0.3) is 0 Å². The number of amides is 2. The first-order valence-corrected chi connectivity index (χ1v) is 22.7. The van der Waals surface area contributed by atoms with Crippen molar-refractivity contribution in [3.63, 3.8) is 0 Å². The van der Waals surface area contributed by atoms with Gasteiger partial charge in [-0.3, -0.25) is 9.59 Å². The van der Waals surface area contributed by atoms with Gasteiger partial charge in [0.1, 0.15) is 13.1 Å². The summed E-state index contributed by atoms with van der Waals surface area (Å²) >= 11 is 0. The molecular formula is C47H63FN6O2S2+2. The van der Waals surface area contributed by atoms with E-state index < -0.39 is 0 Å². The van der Waals surface area contributed by atoms with E-state index in [0.717, 1.165) is 66.2 Å². The van der Waals surface area contributed by atoms with Gasteiger partial charge in [0.05, 0.1) is 11.5 Å². The van der Waals surface area contributed by atoms with E-state index in [2.05, 4.69) is 122 Å². The lowest BCUT2D eigenvalue weighted by atomic mass is 10.1. The van der Waals surface area contributed by atoms with Crippen LogP contribution < -0.4 is 18.9 Å². The lowest BCUT2D eigenvalue weighted by Crippen LogP contribution is -2.40. The molecule has 0 saturated carbocycles. The molecule has 11 heteroatoms. The highest BCUT2D eigenvalue weighted by molar-refractivity contribution is 8.77. The third-order valence-electron chi connectivity index (χ3n) is 10.5. The molecule has 310 valence electrons. The minimum atomic E-state index is -0.230. The van der Waals surface area contributed by atoms with Crippen molar-refractivity contribution < 1.29 is 23.1 Å². The van der Waals surface area contributed by atoms with Crippen LogP contribution in [0, 0.1) is 26.7 Å². The highest BCUT2D eigenvalue weighted by Crippen LogP contribution is 2.22. The molecule has 0 aliphatic carbocycles. The van der Waals surface area contributed by atoms with E-state index in [9.17, 15) is 14.0 Å². The van der Waals surface area contributed by atoms with Crippen molar-refractivity contribution >= 4 is 69.1 Å². The predicted molar refractivity (Wildman–Crippen MR) is 245 cm³/mol.